The maximum atomic E-state index is 13.3. The lowest BCUT2D eigenvalue weighted by Gasteiger charge is -2.12. The zero-order valence-corrected chi connectivity index (χ0v) is 18.1. The van der Waals surface area contributed by atoms with Crippen LogP contribution in [-0.2, 0) is 16.6 Å². The Morgan fingerprint density at radius 2 is 1.97 bits per heavy atom. The Morgan fingerprint density at radius 1 is 1.13 bits per heavy atom. The molecule has 0 saturated heterocycles. The van der Waals surface area contributed by atoms with Crippen molar-refractivity contribution in [2.75, 3.05) is 12.4 Å². The third-order valence-corrected chi connectivity index (χ3v) is 6.77. The summed E-state index contributed by atoms with van der Waals surface area (Å²) in [5, 5.41) is 7.99. The number of aryl methyl sites for hydroxylation is 1. The minimum Gasteiger partial charge on any atom is -0.355 e. The Kier molecular flexibility index (Phi) is 5.51. The number of benzene rings is 2. The summed E-state index contributed by atoms with van der Waals surface area (Å²) in [4.78, 5) is 4.11. The SMILES string of the molecule is CNCc1cn(S(=O)(=O)c2cccnc2)c2cc(Nc3ccc(Cl)cc3C)ccc12. The van der Waals surface area contributed by atoms with E-state index in [1.54, 1.807) is 24.5 Å². The smallest absolute Gasteiger partial charge is 0.269 e. The van der Waals surface area contributed by atoms with Gasteiger partial charge in [-0.25, -0.2) is 12.4 Å². The van der Waals surface area contributed by atoms with Gasteiger partial charge in [0.05, 0.1) is 5.52 Å². The molecule has 0 amide bonds. The van der Waals surface area contributed by atoms with Gasteiger partial charge in [0.1, 0.15) is 4.90 Å². The fourth-order valence-corrected chi connectivity index (χ4v) is 4.98. The van der Waals surface area contributed by atoms with Crippen molar-refractivity contribution in [3.8, 4) is 0 Å². The minimum absolute atomic E-state index is 0.143. The zero-order chi connectivity index (χ0) is 21.3. The number of nitrogens with one attached hydrogen (secondary N) is 2. The van der Waals surface area contributed by atoms with Crippen LogP contribution in [0.25, 0.3) is 10.9 Å². The maximum Gasteiger partial charge on any atom is 0.269 e. The summed E-state index contributed by atoms with van der Waals surface area (Å²) in [6.45, 7) is 2.52. The second kappa shape index (κ2) is 8.10. The molecule has 30 heavy (non-hydrogen) atoms. The lowest BCUT2D eigenvalue weighted by Crippen LogP contribution is -2.12. The maximum absolute atomic E-state index is 13.3. The predicted molar refractivity (Wildman–Crippen MR) is 121 cm³/mol. The van der Waals surface area contributed by atoms with Crippen molar-refractivity contribution in [3.63, 3.8) is 0 Å². The Balaban J connectivity index is 1.85. The molecule has 0 fully saturated rings. The Bertz CT molecular complexity index is 1320. The first-order valence-corrected chi connectivity index (χ1v) is 11.2. The Morgan fingerprint density at radius 3 is 2.67 bits per heavy atom. The molecule has 4 rings (SSSR count). The van der Waals surface area contributed by atoms with E-state index in [0.717, 1.165) is 27.9 Å². The number of nitrogens with zero attached hydrogens (tertiary/aromatic N) is 2. The standard InChI is InChI=1S/C22H21ClN4O2S/c1-15-10-17(23)5-8-21(15)26-18-6-7-20-16(12-24-2)14-27(22(20)11-18)30(28,29)19-4-3-9-25-13-19/h3-11,13-14,24,26H,12H2,1-2H3. The zero-order valence-electron chi connectivity index (χ0n) is 16.6. The number of halogens is 1. The molecule has 6 nitrogen and oxygen atoms in total. The molecular weight excluding hydrogens is 420 g/mol. The monoisotopic (exact) mass is 440 g/mol. The summed E-state index contributed by atoms with van der Waals surface area (Å²) in [6, 6.07) is 14.5. The van der Waals surface area contributed by atoms with E-state index in [1.165, 1.54) is 10.2 Å². The topological polar surface area (TPSA) is 76.0 Å². The molecule has 0 radical (unpaired) electrons. The molecule has 0 spiro atoms. The summed E-state index contributed by atoms with van der Waals surface area (Å²) >= 11 is 6.05. The number of hydrogen-bond donors (Lipinski definition) is 2. The van der Waals surface area contributed by atoms with E-state index in [4.69, 9.17) is 11.6 Å². The third-order valence-electron chi connectivity index (χ3n) is 4.88. The molecule has 0 bridgehead atoms. The average molecular weight is 441 g/mol. The van der Waals surface area contributed by atoms with Crippen LogP contribution < -0.4 is 10.6 Å². The summed E-state index contributed by atoms with van der Waals surface area (Å²) in [5.41, 5.74) is 4.18. The fraction of sp³-hybridized carbons (Fsp3) is 0.136. The van der Waals surface area contributed by atoms with Gasteiger partial charge in [0.25, 0.3) is 10.0 Å². The van der Waals surface area contributed by atoms with Crippen molar-refractivity contribution in [1.29, 1.82) is 0 Å². The van der Waals surface area contributed by atoms with Crippen LogP contribution in [-0.4, -0.2) is 24.4 Å². The first kappa shape index (κ1) is 20.4. The predicted octanol–water partition coefficient (Wildman–Crippen LogP) is 4.70. The van der Waals surface area contributed by atoms with Crippen LogP contribution in [0.4, 0.5) is 11.4 Å². The molecule has 0 atom stereocenters. The molecule has 154 valence electrons. The van der Waals surface area contributed by atoms with Gasteiger partial charge in [-0.3, -0.25) is 4.98 Å². The highest BCUT2D eigenvalue weighted by Crippen LogP contribution is 2.30. The molecule has 0 aliphatic carbocycles. The van der Waals surface area contributed by atoms with Gasteiger partial charge in [0, 0.05) is 46.9 Å². The van der Waals surface area contributed by atoms with Gasteiger partial charge in [-0.05, 0) is 67.6 Å². The quantitative estimate of drug-likeness (QED) is 0.454. The van der Waals surface area contributed by atoms with Crippen LogP contribution in [0.5, 0.6) is 0 Å². The molecule has 2 heterocycles. The van der Waals surface area contributed by atoms with E-state index < -0.39 is 10.0 Å². The number of hydrogen-bond acceptors (Lipinski definition) is 5. The first-order valence-electron chi connectivity index (χ1n) is 9.37. The van der Waals surface area contributed by atoms with Gasteiger partial charge in [-0.15, -0.1) is 0 Å². The molecule has 0 aliphatic rings. The van der Waals surface area contributed by atoms with Crippen molar-refractivity contribution in [3.05, 3.63) is 83.3 Å². The van der Waals surface area contributed by atoms with E-state index >= 15 is 0 Å². The van der Waals surface area contributed by atoms with Crippen LogP contribution in [0.3, 0.4) is 0 Å². The van der Waals surface area contributed by atoms with Gasteiger partial charge in [0.15, 0.2) is 0 Å². The summed E-state index contributed by atoms with van der Waals surface area (Å²) in [6.07, 6.45) is 4.58. The van der Waals surface area contributed by atoms with Gasteiger partial charge in [-0.2, -0.15) is 0 Å². The third kappa shape index (κ3) is 3.79. The molecule has 2 N–H and O–H groups in total. The molecule has 0 aliphatic heterocycles. The lowest BCUT2D eigenvalue weighted by atomic mass is 10.1. The van der Waals surface area contributed by atoms with Gasteiger partial charge in [0.2, 0.25) is 0 Å². The molecule has 0 saturated carbocycles. The molecule has 8 heteroatoms. The average Bonchev–Trinajstić information content (AvgIpc) is 3.10. The van der Waals surface area contributed by atoms with Crippen molar-refractivity contribution < 1.29 is 8.42 Å². The highest BCUT2D eigenvalue weighted by atomic mass is 35.5. The minimum atomic E-state index is -3.79. The number of pyridine rings is 1. The van der Waals surface area contributed by atoms with Crippen LogP contribution in [0.2, 0.25) is 5.02 Å². The Labute approximate surface area is 180 Å². The molecular formula is C22H21ClN4O2S. The number of fused-ring (bicyclic) bond motifs is 1. The van der Waals surface area contributed by atoms with Crippen molar-refractivity contribution in [2.45, 2.75) is 18.4 Å². The van der Waals surface area contributed by atoms with E-state index in [0.29, 0.717) is 17.1 Å². The van der Waals surface area contributed by atoms with E-state index in [9.17, 15) is 8.42 Å². The second-order valence-electron chi connectivity index (χ2n) is 6.99. The van der Waals surface area contributed by atoms with E-state index in [-0.39, 0.29) is 4.90 Å². The number of aromatic nitrogens is 2. The van der Waals surface area contributed by atoms with Gasteiger partial charge >= 0.3 is 0 Å². The summed E-state index contributed by atoms with van der Waals surface area (Å²) in [7, 11) is -1.95. The normalized spacial score (nSPS) is 11.7. The van der Waals surface area contributed by atoms with Crippen LogP contribution >= 0.6 is 11.6 Å². The van der Waals surface area contributed by atoms with E-state index in [2.05, 4.69) is 15.6 Å². The summed E-state index contributed by atoms with van der Waals surface area (Å²) < 4.78 is 27.9. The largest absolute Gasteiger partial charge is 0.355 e. The highest BCUT2D eigenvalue weighted by molar-refractivity contribution is 7.90. The van der Waals surface area contributed by atoms with Crippen LogP contribution in [0.15, 0.2) is 72.0 Å². The lowest BCUT2D eigenvalue weighted by molar-refractivity contribution is 0.588. The van der Waals surface area contributed by atoms with E-state index in [1.807, 2.05) is 50.4 Å². The highest BCUT2D eigenvalue weighted by Gasteiger charge is 2.21. The number of rotatable bonds is 6. The van der Waals surface area contributed by atoms with Gasteiger partial charge in [-0.1, -0.05) is 17.7 Å². The van der Waals surface area contributed by atoms with Crippen molar-refractivity contribution in [2.24, 2.45) is 0 Å². The summed E-state index contributed by atoms with van der Waals surface area (Å²) in [5.74, 6) is 0. The van der Waals surface area contributed by atoms with Crippen molar-refractivity contribution in [1.82, 2.24) is 14.3 Å². The first-order chi connectivity index (χ1) is 14.4. The second-order valence-corrected chi connectivity index (χ2v) is 9.24. The molecule has 2 aromatic carbocycles. The van der Waals surface area contributed by atoms with Crippen LogP contribution in [0, 0.1) is 6.92 Å². The fourth-order valence-electron chi connectivity index (χ4n) is 3.41. The van der Waals surface area contributed by atoms with Crippen LogP contribution in [0.1, 0.15) is 11.1 Å². The van der Waals surface area contributed by atoms with Gasteiger partial charge < -0.3 is 10.6 Å². The molecule has 4 aromatic rings. The Hall–Kier alpha value is -2.87. The van der Waals surface area contributed by atoms with Crippen molar-refractivity contribution >= 4 is 43.9 Å². The molecule has 0 unspecified atom stereocenters. The number of anilines is 2. The molecule has 2 aromatic heterocycles.